The van der Waals surface area contributed by atoms with Crippen LogP contribution in [0.3, 0.4) is 0 Å². The third-order valence-corrected chi connectivity index (χ3v) is 4.38. The van der Waals surface area contributed by atoms with Gasteiger partial charge in [-0.25, -0.2) is 0 Å². The van der Waals surface area contributed by atoms with Gasteiger partial charge in [-0.15, -0.1) is 0 Å². The summed E-state index contributed by atoms with van der Waals surface area (Å²) in [5.41, 5.74) is 4.73. The zero-order chi connectivity index (χ0) is 14.0. The predicted octanol–water partition coefficient (Wildman–Crippen LogP) is 5.03. The van der Waals surface area contributed by atoms with Gasteiger partial charge in [-0.2, -0.15) is 0 Å². The van der Waals surface area contributed by atoms with E-state index in [4.69, 9.17) is 11.6 Å². The normalized spacial score (nSPS) is 12.5. The molecule has 2 aromatic rings. The molecule has 0 saturated heterocycles. The second-order valence-electron chi connectivity index (χ2n) is 4.76. The SMILES string of the molecule is CNC(c1ccc(C)c(Cl)c1)c1ccc(C)cc1Br. The Balaban J connectivity index is 2.46. The molecule has 0 aromatic heterocycles. The van der Waals surface area contributed by atoms with Crippen LogP contribution in [0.2, 0.25) is 5.02 Å². The molecular weight excluding hydrogens is 322 g/mol. The number of hydrogen-bond acceptors (Lipinski definition) is 1. The van der Waals surface area contributed by atoms with Crippen molar-refractivity contribution in [3.63, 3.8) is 0 Å². The Morgan fingerprint density at radius 3 is 2.42 bits per heavy atom. The number of halogens is 2. The summed E-state index contributed by atoms with van der Waals surface area (Å²) in [6, 6.07) is 12.8. The quantitative estimate of drug-likeness (QED) is 0.828. The fourth-order valence-electron chi connectivity index (χ4n) is 2.16. The maximum atomic E-state index is 6.23. The lowest BCUT2D eigenvalue weighted by Gasteiger charge is -2.20. The summed E-state index contributed by atoms with van der Waals surface area (Å²) in [5, 5.41) is 4.16. The third-order valence-electron chi connectivity index (χ3n) is 3.28. The molecule has 0 aliphatic carbocycles. The van der Waals surface area contributed by atoms with Gasteiger partial charge in [0.2, 0.25) is 0 Å². The van der Waals surface area contributed by atoms with E-state index in [2.05, 4.69) is 58.5 Å². The highest BCUT2D eigenvalue weighted by Gasteiger charge is 2.15. The van der Waals surface area contributed by atoms with Crippen LogP contribution in [0.5, 0.6) is 0 Å². The van der Waals surface area contributed by atoms with Crippen LogP contribution in [0, 0.1) is 13.8 Å². The molecule has 1 N–H and O–H groups in total. The molecule has 0 radical (unpaired) electrons. The van der Waals surface area contributed by atoms with E-state index in [0.29, 0.717) is 0 Å². The average molecular weight is 339 g/mol. The Kier molecular flexibility index (Phi) is 4.67. The van der Waals surface area contributed by atoms with Gasteiger partial charge in [0.15, 0.2) is 0 Å². The van der Waals surface area contributed by atoms with Crippen molar-refractivity contribution in [2.24, 2.45) is 0 Å². The summed E-state index contributed by atoms with van der Waals surface area (Å²) in [5.74, 6) is 0. The van der Waals surface area contributed by atoms with Crippen molar-refractivity contribution in [1.82, 2.24) is 5.32 Å². The van der Waals surface area contributed by atoms with Gasteiger partial charge in [0.1, 0.15) is 0 Å². The molecular formula is C16H17BrClN. The fourth-order valence-corrected chi connectivity index (χ4v) is 3.07. The topological polar surface area (TPSA) is 12.0 Å². The summed E-state index contributed by atoms with van der Waals surface area (Å²) in [6.45, 7) is 4.11. The minimum absolute atomic E-state index is 0.132. The number of benzene rings is 2. The Morgan fingerprint density at radius 1 is 1.11 bits per heavy atom. The molecule has 100 valence electrons. The molecule has 19 heavy (non-hydrogen) atoms. The average Bonchev–Trinajstić information content (AvgIpc) is 2.37. The Labute approximate surface area is 128 Å². The minimum atomic E-state index is 0.132. The first-order valence-electron chi connectivity index (χ1n) is 6.22. The van der Waals surface area contributed by atoms with Gasteiger partial charge in [-0.1, -0.05) is 51.8 Å². The van der Waals surface area contributed by atoms with Gasteiger partial charge >= 0.3 is 0 Å². The standard InChI is InChI=1S/C16H17BrClN/c1-10-4-7-13(14(17)8-10)16(19-3)12-6-5-11(2)15(18)9-12/h4-9,16,19H,1-3H3. The van der Waals surface area contributed by atoms with Crippen LogP contribution in [0.4, 0.5) is 0 Å². The number of nitrogens with one attached hydrogen (secondary N) is 1. The van der Waals surface area contributed by atoms with E-state index in [1.54, 1.807) is 0 Å². The molecule has 2 aromatic carbocycles. The highest BCUT2D eigenvalue weighted by Crippen LogP contribution is 2.31. The van der Waals surface area contributed by atoms with Crippen molar-refractivity contribution < 1.29 is 0 Å². The van der Waals surface area contributed by atoms with Gasteiger partial charge in [-0.05, 0) is 55.3 Å². The summed E-state index contributed by atoms with van der Waals surface area (Å²) >= 11 is 9.87. The van der Waals surface area contributed by atoms with Gasteiger partial charge in [0.25, 0.3) is 0 Å². The molecule has 3 heteroatoms. The van der Waals surface area contributed by atoms with Crippen LogP contribution >= 0.6 is 27.5 Å². The molecule has 0 bridgehead atoms. The summed E-state index contributed by atoms with van der Waals surface area (Å²) in [7, 11) is 1.96. The monoisotopic (exact) mass is 337 g/mol. The largest absolute Gasteiger partial charge is 0.309 e. The molecule has 0 aliphatic rings. The van der Waals surface area contributed by atoms with Crippen molar-refractivity contribution in [3.05, 3.63) is 68.1 Å². The van der Waals surface area contributed by atoms with Crippen LogP contribution in [0.15, 0.2) is 40.9 Å². The second kappa shape index (κ2) is 6.08. The third kappa shape index (κ3) is 3.19. The minimum Gasteiger partial charge on any atom is -0.309 e. The smallest absolute Gasteiger partial charge is 0.0585 e. The molecule has 2 rings (SSSR count). The van der Waals surface area contributed by atoms with Crippen LogP contribution in [-0.4, -0.2) is 7.05 Å². The van der Waals surface area contributed by atoms with Crippen molar-refractivity contribution in [3.8, 4) is 0 Å². The van der Waals surface area contributed by atoms with Crippen molar-refractivity contribution in [1.29, 1.82) is 0 Å². The van der Waals surface area contributed by atoms with E-state index in [1.165, 1.54) is 16.7 Å². The molecule has 0 spiro atoms. The molecule has 0 heterocycles. The first-order chi connectivity index (χ1) is 9.02. The zero-order valence-corrected chi connectivity index (χ0v) is 13.6. The van der Waals surface area contributed by atoms with E-state index in [-0.39, 0.29) is 6.04 Å². The van der Waals surface area contributed by atoms with Crippen molar-refractivity contribution >= 4 is 27.5 Å². The summed E-state index contributed by atoms with van der Waals surface area (Å²) in [6.07, 6.45) is 0. The molecule has 0 amide bonds. The van der Waals surface area contributed by atoms with Crippen LogP contribution < -0.4 is 5.32 Å². The highest BCUT2D eigenvalue weighted by atomic mass is 79.9. The summed E-state index contributed by atoms with van der Waals surface area (Å²) in [4.78, 5) is 0. The zero-order valence-electron chi connectivity index (χ0n) is 11.3. The van der Waals surface area contributed by atoms with E-state index < -0.39 is 0 Å². The van der Waals surface area contributed by atoms with Gasteiger partial charge in [0, 0.05) is 9.50 Å². The Hall–Kier alpha value is -0.830. The van der Waals surface area contributed by atoms with E-state index in [0.717, 1.165) is 15.1 Å². The van der Waals surface area contributed by atoms with E-state index in [9.17, 15) is 0 Å². The predicted molar refractivity (Wildman–Crippen MR) is 86.0 cm³/mol. The van der Waals surface area contributed by atoms with Crippen LogP contribution in [0.25, 0.3) is 0 Å². The molecule has 1 atom stereocenters. The lowest BCUT2D eigenvalue weighted by molar-refractivity contribution is 0.688. The first-order valence-corrected chi connectivity index (χ1v) is 7.39. The van der Waals surface area contributed by atoms with Crippen molar-refractivity contribution in [2.75, 3.05) is 7.05 Å². The van der Waals surface area contributed by atoms with Crippen LogP contribution in [-0.2, 0) is 0 Å². The molecule has 1 unspecified atom stereocenters. The molecule has 1 nitrogen and oxygen atoms in total. The summed E-state index contributed by atoms with van der Waals surface area (Å²) < 4.78 is 1.11. The number of rotatable bonds is 3. The number of hydrogen-bond donors (Lipinski definition) is 1. The maximum absolute atomic E-state index is 6.23. The maximum Gasteiger partial charge on any atom is 0.0585 e. The molecule has 0 fully saturated rings. The number of aryl methyl sites for hydroxylation is 2. The van der Waals surface area contributed by atoms with E-state index >= 15 is 0 Å². The van der Waals surface area contributed by atoms with Gasteiger partial charge in [0.05, 0.1) is 6.04 Å². The Bertz CT molecular complexity index is 595. The van der Waals surface area contributed by atoms with Crippen molar-refractivity contribution in [2.45, 2.75) is 19.9 Å². The second-order valence-corrected chi connectivity index (χ2v) is 6.02. The lowest BCUT2D eigenvalue weighted by atomic mass is 9.97. The Morgan fingerprint density at radius 2 is 1.84 bits per heavy atom. The van der Waals surface area contributed by atoms with Gasteiger partial charge in [-0.3, -0.25) is 0 Å². The van der Waals surface area contributed by atoms with Gasteiger partial charge < -0.3 is 5.32 Å². The van der Waals surface area contributed by atoms with E-state index in [1.807, 2.05) is 20.0 Å². The highest BCUT2D eigenvalue weighted by molar-refractivity contribution is 9.10. The van der Waals surface area contributed by atoms with Crippen LogP contribution in [0.1, 0.15) is 28.3 Å². The lowest BCUT2D eigenvalue weighted by Crippen LogP contribution is -2.18. The fraction of sp³-hybridized carbons (Fsp3) is 0.250. The molecule has 0 saturated carbocycles. The molecule has 0 aliphatic heterocycles. The first kappa shape index (κ1) is 14.6.